The number of amides is 1. The van der Waals surface area contributed by atoms with Gasteiger partial charge in [0, 0.05) is 18.3 Å². The van der Waals surface area contributed by atoms with E-state index in [0.29, 0.717) is 22.4 Å². The zero-order chi connectivity index (χ0) is 16.3. The molecule has 1 fully saturated rings. The number of aromatic nitrogens is 1. The van der Waals surface area contributed by atoms with E-state index in [1.165, 1.54) is 18.2 Å². The minimum absolute atomic E-state index is 0.152. The lowest BCUT2D eigenvalue weighted by Crippen LogP contribution is -2.42. The molecule has 5 heteroatoms. The van der Waals surface area contributed by atoms with Crippen molar-refractivity contribution in [2.75, 3.05) is 12.3 Å². The standard InChI is InChI=1S/C17H23N3OS/c1-11-7-5-6-8-20(11)16(21)10-22-17-15(9-18)13(3)12(2)14(4)19-17/h11H,5-8,10H2,1-4H3. The number of aryl methyl sites for hydroxylation is 1. The van der Waals surface area contributed by atoms with Gasteiger partial charge in [-0.2, -0.15) is 5.26 Å². The maximum Gasteiger partial charge on any atom is 0.233 e. The summed E-state index contributed by atoms with van der Waals surface area (Å²) in [7, 11) is 0. The summed E-state index contributed by atoms with van der Waals surface area (Å²) >= 11 is 1.39. The molecule has 2 heterocycles. The highest BCUT2D eigenvalue weighted by Crippen LogP contribution is 2.27. The smallest absolute Gasteiger partial charge is 0.233 e. The molecule has 1 saturated heterocycles. The van der Waals surface area contributed by atoms with Crippen LogP contribution in [0, 0.1) is 32.1 Å². The van der Waals surface area contributed by atoms with Gasteiger partial charge in [0.2, 0.25) is 5.91 Å². The highest BCUT2D eigenvalue weighted by atomic mass is 32.2. The predicted octanol–water partition coefficient (Wildman–Crippen LogP) is 3.37. The van der Waals surface area contributed by atoms with Crippen LogP contribution in [0.15, 0.2) is 5.03 Å². The molecule has 0 aromatic carbocycles. The fraction of sp³-hybridized carbons (Fsp3) is 0.588. The molecule has 0 aliphatic carbocycles. The van der Waals surface area contributed by atoms with E-state index in [1.54, 1.807) is 0 Å². The van der Waals surface area contributed by atoms with Gasteiger partial charge in [0.25, 0.3) is 0 Å². The third-order valence-electron chi connectivity index (χ3n) is 4.53. The number of nitrogens with zero attached hydrogens (tertiary/aromatic N) is 3. The molecule has 0 N–H and O–H groups in total. The van der Waals surface area contributed by atoms with Gasteiger partial charge in [0.15, 0.2) is 0 Å². The molecular weight excluding hydrogens is 294 g/mol. The quantitative estimate of drug-likeness (QED) is 0.802. The predicted molar refractivity (Wildman–Crippen MR) is 88.9 cm³/mol. The zero-order valence-corrected chi connectivity index (χ0v) is 14.6. The Bertz CT molecular complexity index is 621. The Morgan fingerprint density at radius 1 is 1.36 bits per heavy atom. The molecule has 118 valence electrons. The summed E-state index contributed by atoms with van der Waals surface area (Å²) in [6.07, 6.45) is 3.38. The van der Waals surface area contributed by atoms with Crippen molar-refractivity contribution in [2.45, 2.75) is 58.0 Å². The molecule has 4 nitrogen and oxygen atoms in total. The van der Waals surface area contributed by atoms with Gasteiger partial charge in [-0.15, -0.1) is 0 Å². The van der Waals surface area contributed by atoms with Crippen LogP contribution in [0.5, 0.6) is 0 Å². The van der Waals surface area contributed by atoms with E-state index >= 15 is 0 Å². The van der Waals surface area contributed by atoms with Crippen molar-refractivity contribution in [2.24, 2.45) is 0 Å². The number of carbonyl (C=O) groups excluding carboxylic acids is 1. The number of rotatable bonds is 3. The molecule has 0 spiro atoms. The van der Waals surface area contributed by atoms with Crippen LogP contribution in [0.4, 0.5) is 0 Å². The van der Waals surface area contributed by atoms with Gasteiger partial charge in [-0.3, -0.25) is 4.79 Å². The van der Waals surface area contributed by atoms with Crippen LogP contribution in [-0.4, -0.2) is 34.1 Å². The average molecular weight is 317 g/mol. The third-order valence-corrected chi connectivity index (χ3v) is 5.49. The number of likely N-dealkylation sites (tertiary alicyclic amines) is 1. The second kappa shape index (κ2) is 7.15. The number of pyridine rings is 1. The second-order valence-corrected chi connectivity index (χ2v) is 6.92. The van der Waals surface area contributed by atoms with Crippen molar-refractivity contribution in [3.8, 4) is 6.07 Å². The number of thioether (sulfide) groups is 1. The van der Waals surface area contributed by atoms with E-state index in [1.807, 2.05) is 25.7 Å². The lowest BCUT2D eigenvalue weighted by molar-refractivity contribution is -0.131. The molecule has 1 aliphatic rings. The summed E-state index contributed by atoms with van der Waals surface area (Å²) in [6.45, 7) is 8.84. The Kier molecular flexibility index (Phi) is 5.47. The Morgan fingerprint density at radius 3 is 2.73 bits per heavy atom. The largest absolute Gasteiger partial charge is 0.339 e. The molecule has 1 unspecified atom stereocenters. The highest BCUT2D eigenvalue weighted by Gasteiger charge is 2.23. The highest BCUT2D eigenvalue weighted by molar-refractivity contribution is 8.00. The lowest BCUT2D eigenvalue weighted by atomic mass is 10.0. The Balaban J connectivity index is 2.12. The molecule has 0 bridgehead atoms. The van der Waals surface area contributed by atoms with Gasteiger partial charge >= 0.3 is 0 Å². The van der Waals surface area contributed by atoms with Crippen molar-refractivity contribution >= 4 is 17.7 Å². The fourth-order valence-electron chi connectivity index (χ4n) is 2.83. The summed E-state index contributed by atoms with van der Waals surface area (Å²) in [5, 5.41) is 10.1. The summed E-state index contributed by atoms with van der Waals surface area (Å²) in [4.78, 5) is 18.9. The minimum atomic E-state index is 0.152. The van der Waals surface area contributed by atoms with E-state index < -0.39 is 0 Å². The maximum atomic E-state index is 12.4. The van der Waals surface area contributed by atoms with Crippen molar-refractivity contribution in [1.82, 2.24) is 9.88 Å². The summed E-state index contributed by atoms with van der Waals surface area (Å²) < 4.78 is 0. The topological polar surface area (TPSA) is 57.0 Å². The van der Waals surface area contributed by atoms with Gasteiger partial charge in [0.05, 0.1) is 11.3 Å². The Labute approximate surface area is 136 Å². The SMILES string of the molecule is Cc1nc(SCC(=O)N2CCCCC2C)c(C#N)c(C)c1C. The van der Waals surface area contributed by atoms with Crippen LogP contribution in [0.3, 0.4) is 0 Å². The minimum Gasteiger partial charge on any atom is -0.339 e. The van der Waals surface area contributed by atoms with Gasteiger partial charge < -0.3 is 4.90 Å². The lowest BCUT2D eigenvalue weighted by Gasteiger charge is -2.33. The molecule has 1 aromatic heterocycles. The molecule has 1 atom stereocenters. The Morgan fingerprint density at radius 2 is 2.09 bits per heavy atom. The van der Waals surface area contributed by atoms with Crippen LogP contribution >= 0.6 is 11.8 Å². The average Bonchev–Trinajstić information content (AvgIpc) is 2.51. The van der Waals surface area contributed by atoms with E-state index in [-0.39, 0.29) is 5.91 Å². The molecule has 0 radical (unpaired) electrons. The number of piperidine rings is 1. The summed E-state index contributed by atoms with van der Waals surface area (Å²) in [5.74, 6) is 0.507. The first kappa shape index (κ1) is 16.8. The zero-order valence-electron chi connectivity index (χ0n) is 13.8. The van der Waals surface area contributed by atoms with Crippen LogP contribution in [0.25, 0.3) is 0 Å². The first-order valence-electron chi connectivity index (χ1n) is 7.75. The third kappa shape index (κ3) is 3.44. The first-order valence-corrected chi connectivity index (χ1v) is 8.74. The maximum absolute atomic E-state index is 12.4. The van der Waals surface area contributed by atoms with Gasteiger partial charge in [-0.05, 0) is 58.1 Å². The van der Waals surface area contributed by atoms with E-state index in [2.05, 4.69) is 18.0 Å². The van der Waals surface area contributed by atoms with Crippen molar-refractivity contribution in [3.05, 3.63) is 22.4 Å². The fourth-order valence-corrected chi connectivity index (χ4v) is 3.80. The van der Waals surface area contributed by atoms with Crippen LogP contribution < -0.4 is 0 Å². The molecule has 1 aromatic rings. The van der Waals surface area contributed by atoms with Crippen LogP contribution in [0.2, 0.25) is 0 Å². The van der Waals surface area contributed by atoms with E-state index in [0.717, 1.165) is 36.2 Å². The monoisotopic (exact) mass is 317 g/mol. The molecule has 22 heavy (non-hydrogen) atoms. The van der Waals surface area contributed by atoms with Crippen LogP contribution in [-0.2, 0) is 4.79 Å². The van der Waals surface area contributed by atoms with Crippen molar-refractivity contribution < 1.29 is 4.79 Å². The summed E-state index contributed by atoms with van der Waals surface area (Å²) in [5.41, 5.74) is 3.55. The van der Waals surface area contributed by atoms with Crippen molar-refractivity contribution in [3.63, 3.8) is 0 Å². The number of hydrogen-bond donors (Lipinski definition) is 0. The number of carbonyl (C=O) groups is 1. The van der Waals surface area contributed by atoms with Gasteiger partial charge in [0.1, 0.15) is 11.1 Å². The molecule has 2 rings (SSSR count). The molecule has 1 aliphatic heterocycles. The van der Waals surface area contributed by atoms with Crippen LogP contribution in [0.1, 0.15) is 48.6 Å². The first-order chi connectivity index (χ1) is 10.5. The number of hydrogen-bond acceptors (Lipinski definition) is 4. The molecule has 1 amide bonds. The Hall–Kier alpha value is -1.54. The summed E-state index contributed by atoms with van der Waals surface area (Å²) in [6, 6.07) is 2.56. The number of nitriles is 1. The van der Waals surface area contributed by atoms with E-state index in [4.69, 9.17) is 0 Å². The van der Waals surface area contributed by atoms with Crippen molar-refractivity contribution in [1.29, 1.82) is 5.26 Å². The van der Waals surface area contributed by atoms with E-state index in [9.17, 15) is 10.1 Å². The van der Waals surface area contributed by atoms with Gasteiger partial charge in [-0.1, -0.05) is 11.8 Å². The normalized spacial score (nSPS) is 18.1. The van der Waals surface area contributed by atoms with Gasteiger partial charge in [-0.25, -0.2) is 4.98 Å². The second-order valence-electron chi connectivity index (χ2n) is 5.96. The molecule has 0 saturated carbocycles. The molecular formula is C17H23N3OS.